The number of thioether (sulfide) groups is 1. The molecule has 0 aliphatic carbocycles. The average molecular weight is 556 g/mol. The zero-order valence-corrected chi connectivity index (χ0v) is 24.1. The van der Waals surface area contributed by atoms with E-state index in [1.54, 1.807) is 16.7 Å². The van der Waals surface area contributed by atoms with Crippen LogP contribution in [0.5, 0.6) is 0 Å². The Hall–Kier alpha value is -3.51. The maximum absolute atomic E-state index is 11.7. The quantitative estimate of drug-likeness (QED) is 0.101. The van der Waals surface area contributed by atoms with Crippen LogP contribution >= 0.6 is 11.8 Å². The van der Waals surface area contributed by atoms with Gasteiger partial charge in [0.1, 0.15) is 0 Å². The third kappa shape index (κ3) is 9.60. The monoisotopic (exact) mass is 555 g/mol. The van der Waals surface area contributed by atoms with Crippen molar-refractivity contribution in [1.29, 1.82) is 0 Å². The van der Waals surface area contributed by atoms with Crippen LogP contribution < -0.4 is 0 Å². The van der Waals surface area contributed by atoms with Gasteiger partial charge in [-0.3, -0.25) is 0 Å². The predicted octanol–water partition coefficient (Wildman–Crippen LogP) is 9.18. The molecule has 4 aromatic rings. The second kappa shape index (κ2) is 16.6. The molecule has 0 spiro atoms. The van der Waals surface area contributed by atoms with Crippen LogP contribution in [-0.4, -0.2) is 44.9 Å². The van der Waals surface area contributed by atoms with Crippen molar-refractivity contribution in [3.05, 3.63) is 96.6 Å². The highest BCUT2D eigenvalue weighted by atomic mass is 32.2. The number of carboxylic acid groups (broad SMARTS) is 1. The summed E-state index contributed by atoms with van der Waals surface area (Å²) in [6, 6.07) is 31.2. The number of aromatic amines is 1. The third-order valence-electron chi connectivity index (χ3n) is 7.11. The van der Waals surface area contributed by atoms with E-state index in [1.165, 1.54) is 24.8 Å². The number of rotatable bonds is 17. The van der Waals surface area contributed by atoms with E-state index in [2.05, 4.69) is 59.6 Å². The molecule has 0 unspecified atom stereocenters. The van der Waals surface area contributed by atoms with Crippen molar-refractivity contribution in [2.75, 3.05) is 18.8 Å². The topological polar surface area (TPSA) is 69.2 Å². The first-order chi connectivity index (χ1) is 19.7. The van der Waals surface area contributed by atoms with Crippen molar-refractivity contribution in [1.82, 2.24) is 14.9 Å². The van der Waals surface area contributed by atoms with Crippen LogP contribution in [0, 0.1) is 0 Å². The number of imidazole rings is 1. The van der Waals surface area contributed by atoms with E-state index in [1.807, 2.05) is 36.4 Å². The lowest BCUT2D eigenvalue weighted by Gasteiger charge is -2.19. The molecule has 4 rings (SSSR count). The van der Waals surface area contributed by atoms with E-state index in [-0.39, 0.29) is 0 Å². The maximum atomic E-state index is 11.7. The average Bonchev–Trinajstić information content (AvgIpc) is 3.43. The van der Waals surface area contributed by atoms with Crippen molar-refractivity contribution in [3.8, 4) is 22.5 Å². The first-order valence-electron chi connectivity index (χ1n) is 14.6. The van der Waals surface area contributed by atoms with E-state index in [0.29, 0.717) is 13.1 Å². The van der Waals surface area contributed by atoms with Crippen LogP contribution in [0.3, 0.4) is 0 Å². The number of carbonyl (C=O) groups is 1. The predicted molar refractivity (Wildman–Crippen MR) is 167 cm³/mol. The van der Waals surface area contributed by atoms with Gasteiger partial charge in [0, 0.05) is 30.0 Å². The van der Waals surface area contributed by atoms with Gasteiger partial charge in [0.15, 0.2) is 5.16 Å². The fraction of sp³-hybridized carbons (Fsp3) is 0.353. The summed E-state index contributed by atoms with van der Waals surface area (Å²) >= 11 is 1.74. The van der Waals surface area contributed by atoms with Gasteiger partial charge in [-0.2, -0.15) is 0 Å². The van der Waals surface area contributed by atoms with Gasteiger partial charge < -0.3 is 15.0 Å². The van der Waals surface area contributed by atoms with E-state index in [9.17, 15) is 9.90 Å². The SMILES string of the molecule is O=C(O)N(CCCCCCCc1ccccc1)CCCCCSc1nc(-c2ccccc2)c(-c2ccccc2)[nH]1. The van der Waals surface area contributed by atoms with Gasteiger partial charge in [0.25, 0.3) is 0 Å². The Morgan fingerprint density at radius 3 is 1.90 bits per heavy atom. The van der Waals surface area contributed by atoms with Crippen molar-refractivity contribution in [3.63, 3.8) is 0 Å². The molecule has 0 atom stereocenters. The molecule has 0 aliphatic heterocycles. The first-order valence-corrected chi connectivity index (χ1v) is 15.5. The Balaban J connectivity index is 1.13. The fourth-order valence-corrected chi connectivity index (χ4v) is 5.77. The van der Waals surface area contributed by atoms with E-state index >= 15 is 0 Å². The largest absolute Gasteiger partial charge is 0.465 e. The fourth-order valence-electron chi connectivity index (χ4n) is 4.90. The van der Waals surface area contributed by atoms with Gasteiger partial charge >= 0.3 is 6.09 Å². The number of aromatic nitrogens is 2. The maximum Gasteiger partial charge on any atom is 0.407 e. The van der Waals surface area contributed by atoms with Crippen LogP contribution in [-0.2, 0) is 6.42 Å². The first kappa shape index (κ1) is 29.5. The molecule has 0 aliphatic rings. The summed E-state index contributed by atoms with van der Waals surface area (Å²) in [5.74, 6) is 0.950. The molecule has 0 saturated heterocycles. The number of nitrogens with zero attached hydrogens (tertiary/aromatic N) is 2. The highest BCUT2D eigenvalue weighted by molar-refractivity contribution is 7.99. The van der Waals surface area contributed by atoms with Crippen molar-refractivity contribution in [2.24, 2.45) is 0 Å². The zero-order chi connectivity index (χ0) is 27.8. The summed E-state index contributed by atoms with van der Waals surface area (Å²) in [4.78, 5) is 21.8. The van der Waals surface area contributed by atoms with Gasteiger partial charge in [0.2, 0.25) is 0 Å². The molecule has 2 N–H and O–H groups in total. The minimum absolute atomic E-state index is 0.616. The van der Waals surface area contributed by atoms with Crippen LogP contribution in [0.25, 0.3) is 22.5 Å². The molecule has 0 radical (unpaired) electrons. The van der Waals surface area contributed by atoms with Crippen molar-refractivity contribution in [2.45, 2.75) is 62.9 Å². The van der Waals surface area contributed by atoms with Gasteiger partial charge in [0.05, 0.1) is 11.4 Å². The molecule has 0 saturated carbocycles. The Labute approximate surface area is 243 Å². The molecule has 0 fully saturated rings. The Kier molecular flexibility index (Phi) is 12.2. The molecular formula is C34H41N3O2S. The van der Waals surface area contributed by atoms with E-state index in [4.69, 9.17) is 4.98 Å². The minimum atomic E-state index is -0.795. The summed E-state index contributed by atoms with van der Waals surface area (Å²) in [6.07, 6.45) is 8.87. The number of aryl methyl sites for hydroxylation is 1. The molecule has 1 amide bonds. The Morgan fingerprint density at radius 2 is 1.25 bits per heavy atom. The van der Waals surface area contributed by atoms with E-state index in [0.717, 1.165) is 71.9 Å². The Bertz CT molecular complexity index is 1210. The molecule has 1 heterocycles. The van der Waals surface area contributed by atoms with Crippen molar-refractivity contribution >= 4 is 17.9 Å². The normalized spacial score (nSPS) is 11.0. The number of hydrogen-bond acceptors (Lipinski definition) is 3. The lowest BCUT2D eigenvalue weighted by atomic mass is 10.1. The highest BCUT2D eigenvalue weighted by Crippen LogP contribution is 2.32. The van der Waals surface area contributed by atoms with Gasteiger partial charge in [-0.25, -0.2) is 9.78 Å². The second-order valence-electron chi connectivity index (χ2n) is 10.2. The minimum Gasteiger partial charge on any atom is -0.465 e. The van der Waals surface area contributed by atoms with Crippen LogP contribution in [0.4, 0.5) is 4.79 Å². The summed E-state index contributed by atoms with van der Waals surface area (Å²) in [5, 5.41) is 10.5. The number of nitrogens with one attached hydrogen (secondary N) is 1. The zero-order valence-electron chi connectivity index (χ0n) is 23.3. The standard InChI is InChI=1S/C34H41N3O2S/c38-34(39)37(25-15-3-1-2-8-18-28-19-9-4-10-20-28)26-16-7-17-27-40-33-35-31(29-21-11-5-12-22-29)32(36-33)30-23-13-6-14-24-30/h4-6,9-14,19-24H,1-3,7-8,15-18,25-27H2,(H,35,36)(H,38,39). The summed E-state index contributed by atoms with van der Waals surface area (Å²) in [6.45, 7) is 1.25. The molecule has 3 aromatic carbocycles. The van der Waals surface area contributed by atoms with Gasteiger partial charge in [-0.15, -0.1) is 0 Å². The number of unbranched alkanes of at least 4 members (excludes halogenated alkanes) is 6. The second-order valence-corrected chi connectivity index (χ2v) is 11.3. The van der Waals surface area contributed by atoms with Crippen molar-refractivity contribution < 1.29 is 9.90 Å². The number of amides is 1. The molecule has 1 aromatic heterocycles. The Morgan fingerprint density at radius 1 is 0.700 bits per heavy atom. The molecule has 40 heavy (non-hydrogen) atoms. The molecular weight excluding hydrogens is 514 g/mol. The molecule has 5 nitrogen and oxygen atoms in total. The number of benzene rings is 3. The van der Waals surface area contributed by atoms with E-state index < -0.39 is 6.09 Å². The van der Waals surface area contributed by atoms with Crippen LogP contribution in [0.2, 0.25) is 0 Å². The molecule has 210 valence electrons. The van der Waals surface area contributed by atoms with Gasteiger partial charge in [-0.05, 0) is 37.7 Å². The number of H-pyrrole nitrogens is 1. The highest BCUT2D eigenvalue weighted by Gasteiger charge is 2.14. The van der Waals surface area contributed by atoms with Crippen LogP contribution in [0.15, 0.2) is 96.2 Å². The smallest absolute Gasteiger partial charge is 0.407 e. The molecule has 6 heteroatoms. The van der Waals surface area contributed by atoms with Crippen LogP contribution in [0.1, 0.15) is 56.9 Å². The third-order valence-corrected chi connectivity index (χ3v) is 8.07. The lowest BCUT2D eigenvalue weighted by molar-refractivity contribution is 0.143. The van der Waals surface area contributed by atoms with Gasteiger partial charge in [-0.1, -0.05) is 128 Å². The molecule has 0 bridgehead atoms. The summed E-state index contributed by atoms with van der Waals surface area (Å²) < 4.78 is 0. The number of hydrogen-bond donors (Lipinski definition) is 2. The summed E-state index contributed by atoms with van der Waals surface area (Å²) in [7, 11) is 0. The summed E-state index contributed by atoms with van der Waals surface area (Å²) in [5.41, 5.74) is 5.65. The lowest BCUT2D eigenvalue weighted by Crippen LogP contribution is -2.31.